The van der Waals surface area contributed by atoms with Gasteiger partial charge in [-0.05, 0) is 0 Å². The predicted octanol–water partition coefficient (Wildman–Crippen LogP) is 2.03. The minimum atomic E-state index is -4.78. The lowest BCUT2D eigenvalue weighted by Crippen LogP contribution is -2.53. The van der Waals surface area contributed by atoms with Crippen LogP contribution in [0.5, 0.6) is 0 Å². The third kappa shape index (κ3) is 1.76. The van der Waals surface area contributed by atoms with Gasteiger partial charge < -0.3 is 10.5 Å². The van der Waals surface area contributed by atoms with Crippen LogP contribution in [-0.2, 0) is 10.3 Å². The molecule has 1 atom stereocenters. The van der Waals surface area contributed by atoms with E-state index >= 15 is 0 Å². The quantitative estimate of drug-likeness (QED) is 0.618. The fourth-order valence-electron chi connectivity index (χ4n) is 1.49. The van der Waals surface area contributed by atoms with Crippen molar-refractivity contribution in [3.8, 4) is 0 Å². The number of benzene rings is 1. The molecule has 6 heteroatoms. The summed E-state index contributed by atoms with van der Waals surface area (Å²) in [5.74, 6) is -1.09. The average molecular weight is 232 g/mol. The Bertz CT molecular complexity index is 377. The number of methoxy groups -OCH3 is 1. The average Bonchev–Trinajstić information content (AvgIpc) is 2.18. The molecular weight excluding hydrogens is 221 g/mol. The van der Waals surface area contributed by atoms with Crippen molar-refractivity contribution < 1.29 is 17.9 Å². The Labute approximate surface area is 90.5 Å². The van der Waals surface area contributed by atoms with Crippen LogP contribution >= 0.6 is 0 Å². The first kappa shape index (κ1) is 12.5. The zero-order chi connectivity index (χ0) is 12.4. The number of rotatable bonds is 3. The molecule has 0 spiro atoms. The fraction of sp³-hybridized carbons (Fsp3) is 0.300. The molecule has 88 valence electrons. The number of amidine groups is 1. The maximum Gasteiger partial charge on any atom is 0.429 e. The van der Waals surface area contributed by atoms with Gasteiger partial charge >= 0.3 is 6.18 Å². The molecular formula is C10H11F3N2O. The second-order valence-corrected chi connectivity index (χ2v) is 3.16. The van der Waals surface area contributed by atoms with Gasteiger partial charge in [0.1, 0.15) is 5.84 Å². The first-order valence-corrected chi connectivity index (χ1v) is 4.38. The molecule has 16 heavy (non-hydrogen) atoms. The van der Waals surface area contributed by atoms with Gasteiger partial charge in [0.25, 0.3) is 0 Å². The summed E-state index contributed by atoms with van der Waals surface area (Å²) >= 11 is 0. The second-order valence-electron chi connectivity index (χ2n) is 3.16. The highest BCUT2D eigenvalue weighted by atomic mass is 19.4. The highest BCUT2D eigenvalue weighted by molar-refractivity contribution is 5.88. The molecule has 0 amide bonds. The predicted molar refractivity (Wildman–Crippen MR) is 53.1 cm³/mol. The molecule has 0 aliphatic carbocycles. The lowest BCUT2D eigenvalue weighted by atomic mass is 9.91. The Hall–Kier alpha value is -1.56. The summed E-state index contributed by atoms with van der Waals surface area (Å²) in [7, 11) is 0.877. The number of nitrogens with two attached hydrogens (primary N) is 1. The summed E-state index contributed by atoms with van der Waals surface area (Å²) in [4.78, 5) is 0. The Balaban J connectivity index is 3.42. The molecule has 0 saturated heterocycles. The van der Waals surface area contributed by atoms with Crippen molar-refractivity contribution in [2.45, 2.75) is 11.8 Å². The number of halogens is 3. The van der Waals surface area contributed by atoms with Crippen molar-refractivity contribution in [3.05, 3.63) is 35.9 Å². The fourth-order valence-corrected chi connectivity index (χ4v) is 1.49. The number of hydrogen-bond acceptors (Lipinski definition) is 2. The topological polar surface area (TPSA) is 59.1 Å². The third-order valence-corrected chi connectivity index (χ3v) is 2.26. The first-order chi connectivity index (χ1) is 7.36. The third-order valence-electron chi connectivity index (χ3n) is 2.26. The number of nitrogens with one attached hydrogen (secondary N) is 1. The van der Waals surface area contributed by atoms with Crippen molar-refractivity contribution in [2.75, 3.05) is 7.11 Å². The Kier molecular flexibility index (Phi) is 3.23. The van der Waals surface area contributed by atoms with E-state index in [9.17, 15) is 13.2 Å². The highest BCUT2D eigenvalue weighted by Crippen LogP contribution is 2.41. The van der Waals surface area contributed by atoms with Crippen molar-refractivity contribution in [3.63, 3.8) is 0 Å². The van der Waals surface area contributed by atoms with E-state index in [2.05, 4.69) is 4.74 Å². The minimum absolute atomic E-state index is 0.211. The van der Waals surface area contributed by atoms with Gasteiger partial charge in [-0.1, -0.05) is 30.3 Å². The van der Waals surface area contributed by atoms with Gasteiger partial charge in [0.2, 0.25) is 5.60 Å². The molecule has 0 radical (unpaired) electrons. The van der Waals surface area contributed by atoms with Crippen LogP contribution < -0.4 is 5.73 Å². The van der Waals surface area contributed by atoms with Gasteiger partial charge in [-0.2, -0.15) is 13.2 Å². The van der Waals surface area contributed by atoms with Crippen LogP contribution in [0.4, 0.5) is 13.2 Å². The van der Waals surface area contributed by atoms with E-state index in [1.165, 1.54) is 24.3 Å². The molecule has 0 fully saturated rings. The monoisotopic (exact) mass is 232 g/mol. The van der Waals surface area contributed by atoms with Crippen molar-refractivity contribution in [1.29, 1.82) is 5.41 Å². The van der Waals surface area contributed by atoms with E-state index in [1.807, 2.05) is 0 Å². The summed E-state index contributed by atoms with van der Waals surface area (Å²) in [6.45, 7) is 0. The van der Waals surface area contributed by atoms with Gasteiger partial charge in [0.15, 0.2) is 0 Å². The molecule has 0 saturated carbocycles. The summed E-state index contributed by atoms with van der Waals surface area (Å²) in [6.07, 6.45) is -4.78. The highest BCUT2D eigenvalue weighted by Gasteiger charge is 2.59. The van der Waals surface area contributed by atoms with Crippen LogP contribution in [0, 0.1) is 5.41 Å². The van der Waals surface area contributed by atoms with E-state index in [0.29, 0.717) is 0 Å². The molecule has 3 nitrogen and oxygen atoms in total. The molecule has 0 aromatic heterocycles. The molecule has 0 bridgehead atoms. The number of ether oxygens (including phenoxy) is 1. The summed E-state index contributed by atoms with van der Waals surface area (Å²) in [6, 6.07) is 6.87. The Morgan fingerprint density at radius 2 is 1.75 bits per heavy atom. The summed E-state index contributed by atoms with van der Waals surface area (Å²) < 4.78 is 43.4. The molecule has 1 rings (SSSR count). The normalized spacial score (nSPS) is 15.5. The van der Waals surface area contributed by atoms with E-state index in [4.69, 9.17) is 11.1 Å². The molecule has 0 unspecified atom stereocenters. The van der Waals surface area contributed by atoms with Crippen molar-refractivity contribution in [2.24, 2.45) is 5.73 Å². The lowest BCUT2D eigenvalue weighted by Gasteiger charge is -2.33. The van der Waals surface area contributed by atoms with Crippen LogP contribution in [-0.4, -0.2) is 19.1 Å². The summed E-state index contributed by atoms with van der Waals surface area (Å²) in [5.41, 5.74) is 1.96. The second kappa shape index (κ2) is 4.13. The van der Waals surface area contributed by atoms with Crippen LogP contribution in [0.3, 0.4) is 0 Å². The Morgan fingerprint density at radius 1 is 1.25 bits per heavy atom. The Morgan fingerprint density at radius 3 is 2.06 bits per heavy atom. The molecule has 0 aliphatic rings. The largest absolute Gasteiger partial charge is 0.429 e. The lowest BCUT2D eigenvalue weighted by molar-refractivity contribution is -0.246. The van der Waals surface area contributed by atoms with Gasteiger partial charge in [-0.15, -0.1) is 0 Å². The van der Waals surface area contributed by atoms with Gasteiger partial charge in [-0.25, -0.2) is 0 Å². The SMILES string of the molecule is CO[C@@](C(=N)N)(c1ccccc1)C(F)(F)F. The smallest absolute Gasteiger partial charge is 0.385 e. The number of hydrogen-bond donors (Lipinski definition) is 2. The van der Waals surface area contributed by atoms with Crippen molar-refractivity contribution >= 4 is 5.84 Å². The van der Waals surface area contributed by atoms with Crippen LogP contribution in [0.1, 0.15) is 5.56 Å². The van der Waals surface area contributed by atoms with Crippen molar-refractivity contribution in [1.82, 2.24) is 0 Å². The van der Waals surface area contributed by atoms with Crippen LogP contribution in [0.2, 0.25) is 0 Å². The van der Waals surface area contributed by atoms with Crippen LogP contribution in [0.15, 0.2) is 30.3 Å². The van der Waals surface area contributed by atoms with E-state index < -0.39 is 17.6 Å². The zero-order valence-corrected chi connectivity index (χ0v) is 8.51. The molecule has 1 aromatic carbocycles. The van der Waals surface area contributed by atoms with E-state index in [-0.39, 0.29) is 5.56 Å². The molecule has 3 N–H and O–H groups in total. The van der Waals surface area contributed by atoms with Crippen LogP contribution in [0.25, 0.3) is 0 Å². The minimum Gasteiger partial charge on any atom is -0.385 e. The zero-order valence-electron chi connectivity index (χ0n) is 8.51. The first-order valence-electron chi connectivity index (χ1n) is 4.38. The molecule has 1 aromatic rings. The maximum absolute atomic E-state index is 13.0. The number of alkyl halides is 3. The van der Waals surface area contributed by atoms with E-state index in [1.54, 1.807) is 6.07 Å². The van der Waals surface area contributed by atoms with Gasteiger partial charge in [0, 0.05) is 12.7 Å². The summed E-state index contributed by atoms with van der Waals surface area (Å²) in [5, 5.41) is 7.13. The van der Waals surface area contributed by atoms with E-state index in [0.717, 1.165) is 7.11 Å². The standard InChI is InChI=1S/C10H11F3N2O/c1-16-9(8(14)15,10(11,12)13)7-5-3-2-4-6-7/h2-6H,1H3,(H3,14,15)/t9-/m1/s1. The van der Waals surface area contributed by atoms with Gasteiger partial charge in [-0.3, -0.25) is 5.41 Å². The maximum atomic E-state index is 13.0. The molecule has 0 aliphatic heterocycles. The molecule has 0 heterocycles. The van der Waals surface area contributed by atoms with Gasteiger partial charge in [0.05, 0.1) is 0 Å².